The molecule has 0 aliphatic carbocycles. The van der Waals surface area contributed by atoms with Crippen LogP contribution in [0.25, 0.3) is 0 Å². The van der Waals surface area contributed by atoms with E-state index in [1.165, 1.54) is 0 Å². The van der Waals surface area contributed by atoms with E-state index in [0.29, 0.717) is 16.7 Å². The highest BCUT2D eigenvalue weighted by atomic mass is 35.5. The lowest BCUT2D eigenvalue weighted by Gasteiger charge is -2.12. The summed E-state index contributed by atoms with van der Waals surface area (Å²) in [7, 11) is 0. The number of aliphatic hydroxyl groups excluding tert-OH is 1. The predicted molar refractivity (Wildman–Crippen MR) is 80.8 cm³/mol. The van der Waals surface area contributed by atoms with Crippen molar-refractivity contribution in [1.82, 2.24) is 0 Å². The number of halogens is 1. The number of ether oxygens (including phenoxy) is 1. The van der Waals surface area contributed by atoms with Crippen molar-refractivity contribution in [2.24, 2.45) is 0 Å². The van der Waals surface area contributed by atoms with Crippen molar-refractivity contribution in [1.29, 1.82) is 0 Å². The molecule has 0 fully saturated rings. The van der Waals surface area contributed by atoms with Gasteiger partial charge < -0.3 is 9.84 Å². The van der Waals surface area contributed by atoms with Gasteiger partial charge in [-0.3, -0.25) is 0 Å². The zero-order valence-corrected chi connectivity index (χ0v) is 13.2. The zero-order chi connectivity index (χ0) is 14.6. The largest absolute Gasteiger partial charge is 0.490 e. The molecule has 18 heavy (non-hydrogen) atoms. The van der Waals surface area contributed by atoms with Gasteiger partial charge in [-0.15, -0.1) is 0 Å². The van der Waals surface area contributed by atoms with Gasteiger partial charge in [0.25, 0.3) is 0 Å². The van der Waals surface area contributed by atoms with E-state index in [9.17, 15) is 0 Å². The number of hydrogen-bond donors (Lipinski definition) is 1. The molecule has 2 nitrogen and oxygen atoms in total. The van der Waals surface area contributed by atoms with E-state index in [2.05, 4.69) is 13.8 Å². The van der Waals surface area contributed by atoms with Crippen LogP contribution in [-0.2, 0) is 0 Å². The standard InChI is InChI=1S/C11H15ClO2.2C2H6/c1-8(2)9-4-3-5-10(11(9)12)14-7-6-13;2*1-2/h3-5,8,13H,6-7H2,1-2H3;2*1-2H3. The molecule has 3 heteroatoms. The van der Waals surface area contributed by atoms with Crippen LogP contribution in [0.2, 0.25) is 5.02 Å². The molecule has 0 heterocycles. The lowest BCUT2D eigenvalue weighted by molar-refractivity contribution is 0.201. The maximum Gasteiger partial charge on any atom is 0.138 e. The van der Waals surface area contributed by atoms with Crippen molar-refractivity contribution in [3.05, 3.63) is 28.8 Å². The second-order valence-corrected chi connectivity index (χ2v) is 3.76. The number of rotatable bonds is 4. The second-order valence-electron chi connectivity index (χ2n) is 3.39. The Morgan fingerprint density at radius 1 is 1.17 bits per heavy atom. The van der Waals surface area contributed by atoms with E-state index in [0.717, 1.165) is 5.56 Å². The molecule has 0 aliphatic heterocycles. The lowest BCUT2D eigenvalue weighted by atomic mass is 10.0. The first-order valence-corrected chi connectivity index (χ1v) is 7.06. The van der Waals surface area contributed by atoms with E-state index < -0.39 is 0 Å². The molecule has 1 N–H and O–H groups in total. The molecule has 0 amide bonds. The van der Waals surface area contributed by atoms with Crippen LogP contribution in [0, 0.1) is 0 Å². The minimum atomic E-state index is 0.00222. The van der Waals surface area contributed by atoms with Crippen molar-refractivity contribution in [3.8, 4) is 5.75 Å². The molecular weight excluding hydrogens is 248 g/mol. The summed E-state index contributed by atoms with van der Waals surface area (Å²) in [5.41, 5.74) is 1.07. The predicted octanol–water partition coefficient (Wildman–Crippen LogP) is 4.89. The summed E-state index contributed by atoms with van der Waals surface area (Å²) in [5, 5.41) is 9.28. The molecule has 0 saturated carbocycles. The van der Waals surface area contributed by atoms with E-state index in [1.54, 1.807) is 0 Å². The Morgan fingerprint density at radius 2 is 1.72 bits per heavy atom. The van der Waals surface area contributed by atoms with Gasteiger partial charge >= 0.3 is 0 Å². The van der Waals surface area contributed by atoms with Crippen LogP contribution >= 0.6 is 11.6 Å². The zero-order valence-electron chi connectivity index (χ0n) is 12.5. The van der Waals surface area contributed by atoms with Gasteiger partial charge in [0.1, 0.15) is 12.4 Å². The van der Waals surface area contributed by atoms with E-state index >= 15 is 0 Å². The average molecular weight is 275 g/mol. The van der Waals surface area contributed by atoms with Crippen LogP contribution in [0.4, 0.5) is 0 Å². The third-order valence-electron chi connectivity index (χ3n) is 1.96. The first-order valence-electron chi connectivity index (χ1n) is 6.69. The normalized spacial score (nSPS) is 8.94. The highest BCUT2D eigenvalue weighted by Gasteiger charge is 2.09. The molecule has 0 radical (unpaired) electrons. The molecule has 0 atom stereocenters. The van der Waals surface area contributed by atoms with Crippen LogP contribution < -0.4 is 4.74 Å². The second kappa shape index (κ2) is 12.7. The van der Waals surface area contributed by atoms with Crippen molar-refractivity contribution >= 4 is 11.6 Å². The highest BCUT2D eigenvalue weighted by molar-refractivity contribution is 6.32. The maximum atomic E-state index is 8.63. The summed E-state index contributed by atoms with van der Waals surface area (Å²) >= 11 is 6.13. The SMILES string of the molecule is CC.CC.CC(C)c1cccc(OCCO)c1Cl. The molecule has 1 rings (SSSR count). The number of aliphatic hydroxyl groups is 1. The van der Waals surface area contributed by atoms with Crippen LogP contribution in [0.1, 0.15) is 53.0 Å². The van der Waals surface area contributed by atoms with Gasteiger partial charge in [-0.2, -0.15) is 0 Å². The molecule has 1 aromatic rings. The Balaban J connectivity index is 0. The molecule has 0 aromatic heterocycles. The molecular formula is C15H27ClO2. The van der Waals surface area contributed by atoms with E-state index in [1.807, 2.05) is 45.9 Å². The van der Waals surface area contributed by atoms with Gasteiger partial charge in [-0.05, 0) is 17.5 Å². The van der Waals surface area contributed by atoms with Crippen LogP contribution in [0.15, 0.2) is 18.2 Å². The Bertz CT molecular complexity index is 299. The van der Waals surface area contributed by atoms with Gasteiger partial charge in [0.05, 0.1) is 11.6 Å². The quantitative estimate of drug-likeness (QED) is 0.847. The highest BCUT2D eigenvalue weighted by Crippen LogP contribution is 2.32. The maximum absolute atomic E-state index is 8.63. The molecule has 0 bridgehead atoms. The van der Waals surface area contributed by atoms with Crippen molar-refractivity contribution < 1.29 is 9.84 Å². The summed E-state index contributed by atoms with van der Waals surface area (Å²) < 4.78 is 5.29. The monoisotopic (exact) mass is 274 g/mol. The first kappa shape index (κ1) is 19.6. The first-order chi connectivity index (χ1) is 8.66. The fraction of sp³-hybridized carbons (Fsp3) is 0.600. The lowest BCUT2D eigenvalue weighted by Crippen LogP contribution is -2.03. The Labute approximate surface area is 117 Å². The Hall–Kier alpha value is -0.730. The van der Waals surface area contributed by atoms with E-state index in [4.69, 9.17) is 21.4 Å². The number of benzene rings is 1. The van der Waals surface area contributed by atoms with Crippen molar-refractivity contribution in [3.63, 3.8) is 0 Å². The van der Waals surface area contributed by atoms with Crippen LogP contribution in [-0.4, -0.2) is 18.3 Å². The van der Waals surface area contributed by atoms with Gasteiger partial charge in [-0.1, -0.05) is 65.3 Å². The van der Waals surface area contributed by atoms with Gasteiger partial charge in [0.2, 0.25) is 0 Å². The van der Waals surface area contributed by atoms with Gasteiger partial charge in [0, 0.05) is 0 Å². The van der Waals surface area contributed by atoms with Crippen LogP contribution in [0.5, 0.6) is 5.75 Å². The van der Waals surface area contributed by atoms with Crippen LogP contribution in [0.3, 0.4) is 0 Å². The third-order valence-corrected chi connectivity index (χ3v) is 2.37. The average Bonchev–Trinajstić information content (AvgIpc) is 2.42. The number of hydrogen-bond acceptors (Lipinski definition) is 2. The topological polar surface area (TPSA) is 29.5 Å². The molecule has 106 valence electrons. The Morgan fingerprint density at radius 3 is 2.17 bits per heavy atom. The van der Waals surface area contributed by atoms with Gasteiger partial charge in [-0.25, -0.2) is 0 Å². The fourth-order valence-electron chi connectivity index (χ4n) is 1.24. The summed E-state index contributed by atoms with van der Waals surface area (Å²) in [6.07, 6.45) is 0. The Kier molecular flexibility index (Phi) is 13.9. The third kappa shape index (κ3) is 6.87. The summed E-state index contributed by atoms with van der Waals surface area (Å²) in [6.45, 7) is 12.4. The minimum absolute atomic E-state index is 0.00222. The smallest absolute Gasteiger partial charge is 0.138 e. The minimum Gasteiger partial charge on any atom is -0.490 e. The molecule has 1 aromatic carbocycles. The van der Waals surface area contributed by atoms with Crippen molar-refractivity contribution in [2.45, 2.75) is 47.5 Å². The molecule has 0 aliphatic rings. The van der Waals surface area contributed by atoms with Gasteiger partial charge in [0.15, 0.2) is 0 Å². The summed E-state index contributed by atoms with van der Waals surface area (Å²) in [5.74, 6) is 1.02. The van der Waals surface area contributed by atoms with Crippen molar-refractivity contribution in [2.75, 3.05) is 13.2 Å². The molecule has 0 unspecified atom stereocenters. The fourth-order valence-corrected chi connectivity index (χ4v) is 1.64. The molecule has 0 saturated heterocycles. The summed E-state index contributed by atoms with van der Waals surface area (Å²) in [4.78, 5) is 0. The molecule has 0 spiro atoms. The van der Waals surface area contributed by atoms with E-state index in [-0.39, 0.29) is 13.2 Å². The summed E-state index contributed by atoms with van der Waals surface area (Å²) in [6, 6.07) is 5.70.